The molecule has 3 aromatic rings. The fourth-order valence-corrected chi connectivity index (χ4v) is 7.85. The summed E-state index contributed by atoms with van der Waals surface area (Å²) in [6.07, 6.45) is 2.73. The van der Waals surface area contributed by atoms with Crippen LogP contribution in [0.1, 0.15) is 21.5 Å². The fourth-order valence-electron chi connectivity index (χ4n) is 4.18. The van der Waals surface area contributed by atoms with Gasteiger partial charge in [0.1, 0.15) is 0 Å². The topological polar surface area (TPSA) is 103 Å². The number of aromatic nitrogens is 1. The van der Waals surface area contributed by atoms with Crippen molar-refractivity contribution in [2.24, 2.45) is 4.99 Å². The first kappa shape index (κ1) is 21.1. The Morgan fingerprint density at radius 1 is 1.22 bits per heavy atom. The second kappa shape index (κ2) is 8.29. The van der Waals surface area contributed by atoms with Crippen LogP contribution < -0.4 is 10.6 Å². The number of rotatable bonds is 5. The highest BCUT2D eigenvalue weighted by Gasteiger charge is 2.42. The van der Waals surface area contributed by atoms with Gasteiger partial charge in [-0.25, -0.2) is 8.42 Å². The first-order valence-electron chi connectivity index (χ1n) is 10.5. The Kier molecular flexibility index (Phi) is 5.46. The smallest absolute Gasteiger partial charge is 0.251 e. The predicted octanol–water partition coefficient (Wildman–Crippen LogP) is 3.13. The molecule has 0 spiro atoms. The normalized spacial score (nSPS) is 21.3. The van der Waals surface area contributed by atoms with Gasteiger partial charge < -0.3 is 15.6 Å². The number of benzene rings is 2. The van der Waals surface area contributed by atoms with Gasteiger partial charge >= 0.3 is 0 Å². The number of H-pyrrole nitrogens is 1. The second-order valence-corrected chi connectivity index (χ2v) is 11.6. The molecule has 9 heteroatoms. The molecule has 3 heterocycles. The number of hydrogen-bond donors (Lipinski definition) is 3. The number of nitrogens with zero attached hydrogens (tertiary/aromatic N) is 1. The number of hydrogen-bond acceptors (Lipinski definition) is 6. The number of nitrogens with one attached hydrogen (secondary N) is 3. The lowest BCUT2D eigenvalue weighted by Crippen LogP contribution is -2.25. The summed E-state index contributed by atoms with van der Waals surface area (Å²) >= 11 is 1.47. The minimum atomic E-state index is -2.98. The quantitative estimate of drug-likeness (QED) is 0.534. The number of carbonyl (C=O) groups is 1. The second-order valence-electron chi connectivity index (χ2n) is 8.25. The number of carbonyl (C=O) groups excluding carboxylic acids is 1. The summed E-state index contributed by atoms with van der Waals surface area (Å²) in [4.78, 5) is 20.5. The maximum Gasteiger partial charge on any atom is 0.251 e. The van der Waals surface area contributed by atoms with Crippen molar-refractivity contribution in [2.45, 2.75) is 24.6 Å². The Morgan fingerprint density at radius 3 is 2.91 bits per heavy atom. The standard InChI is InChI=1S/C23H24N4O3S2/c1-14-6-7-15(10-19(14)26-23-27-20-12-32(29,30)13-21(20)31-23)22(28)24-9-8-16-11-25-18-5-3-2-4-17(16)18/h2-7,10-11,20-21,25H,8-9,12-13H2,1H3,(H,24,28)(H,26,27)/t20-,21+/m1/s1. The van der Waals surface area contributed by atoms with E-state index in [0.29, 0.717) is 12.1 Å². The van der Waals surface area contributed by atoms with E-state index in [-0.39, 0.29) is 28.7 Å². The molecule has 0 aliphatic carbocycles. The molecule has 5 rings (SSSR count). The number of aliphatic imine (C=N–C) groups is 1. The molecule has 1 amide bonds. The van der Waals surface area contributed by atoms with Gasteiger partial charge in [-0.05, 0) is 42.7 Å². The molecule has 1 fully saturated rings. The number of fused-ring (bicyclic) bond motifs is 2. The third kappa shape index (κ3) is 4.27. The van der Waals surface area contributed by atoms with Gasteiger partial charge in [0, 0.05) is 40.1 Å². The first-order valence-corrected chi connectivity index (χ1v) is 13.2. The summed E-state index contributed by atoms with van der Waals surface area (Å²) in [6.45, 7) is 2.50. The van der Waals surface area contributed by atoms with Crippen LogP contribution >= 0.6 is 11.8 Å². The average molecular weight is 469 g/mol. The molecule has 2 atom stereocenters. The van der Waals surface area contributed by atoms with Crippen molar-refractivity contribution in [2.75, 3.05) is 23.4 Å². The van der Waals surface area contributed by atoms with Crippen molar-refractivity contribution < 1.29 is 13.2 Å². The molecular formula is C23H24N4O3S2. The van der Waals surface area contributed by atoms with Gasteiger partial charge in [0.2, 0.25) is 0 Å². The van der Waals surface area contributed by atoms with Gasteiger partial charge in [0.05, 0.1) is 17.5 Å². The van der Waals surface area contributed by atoms with Gasteiger partial charge in [-0.1, -0.05) is 36.0 Å². The van der Waals surface area contributed by atoms with Crippen LogP contribution in [-0.4, -0.2) is 53.8 Å². The van der Waals surface area contributed by atoms with Crippen LogP contribution in [0.3, 0.4) is 0 Å². The van der Waals surface area contributed by atoms with Crippen LogP contribution in [0.5, 0.6) is 0 Å². The van der Waals surface area contributed by atoms with Crippen molar-refractivity contribution in [1.29, 1.82) is 0 Å². The molecule has 2 aliphatic rings. The van der Waals surface area contributed by atoms with E-state index < -0.39 is 9.84 Å². The number of anilines is 1. The van der Waals surface area contributed by atoms with E-state index in [1.165, 1.54) is 22.7 Å². The minimum absolute atomic E-state index is 0.0150. The Hall–Kier alpha value is -2.78. The zero-order chi connectivity index (χ0) is 22.3. The summed E-state index contributed by atoms with van der Waals surface area (Å²) in [6, 6.07) is 13.5. The zero-order valence-electron chi connectivity index (χ0n) is 17.6. The van der Waals surface area contributed by atoms with Gasteiger partial charge in [-0.2, -0.15) is 0 Å². The van der Waals surface area contributed by atoms with E-state index in [0.717, 1.165) is 28.4 Å². The Morgan fingerprint density at radius 2 is 2.06 bits per heavy atom. The molecule has 0 saturated carbocycles. The third-order valence-electron chi connectivity index (χ3n) is 5.91. The SMILES string of the molecule is Cc1ccc(C(=O)NCCc2c[nH]c3ccccc23)cc1NC1=N[C@@H]2CS(=O)(=O)C[C@@H]2S1. The minimum Gasteiger partial charge on any atom is -0.361 e. The molecule has 2 aromatic carbocycles. The molecule has 32 heavy (non-hydrogen) atoms. The molecule has 1 aromatic heterocycles. The van der Waals surface area contributed by atoms with Gasteiger partial charge in [-0.3, -0.25) is 9.79 Å². The molecule has 3 N–H and O–H groups in total. The highest BCUT2D eigenvalue weighted by atomic mass is 32.2. The lowest BCUT2D eigenvalue weighted by molar-refractivity contribution is 0.0954. The number of sulfone groups is 1. The van der Waals surface area contributed by atoms with Crippen LogP contribution in [0.25, 0.3) is 10.9 Å². The van der Waals surface area contributed by atoms with Crippen molar-refractivity contribution >= 4 is 49.3 Å². The Labute approximate surface area is 191 Å². The molecule has 1 saturated heterocycles. The summed E-state index contributed by atoms with van der Waals surface area (Å²) in [5.74, 6) is 0.166. The summed E-state index contributed by atoms with van der Waals surface area (Å²) in [7, 11) is -2.98. The lowest BCUT2D eigenvalue weighted by atomic mass is 10.1. The van der Waals surface area contributed by atoms with Crippen LogP contribution in [0.15, 0.2) is 53.7 Å². The largest absolute Gasteiger partial charge is 0.361 e. The predicted molar refractivity (Wildman–Crippen MR) is 130 cm³/mol. The van der Waals surface area contributed by atoms with Gasteiger partial charge in [0.15, 0.2) is 15.0 Å². The first-order chi connectivity index (χ1) is 15.4. The number of para-hydroxylation sites is 1. The van der Waals surface area contributed by atoms with E-state index in [1.807, 2.05) is 49.5 Å². The highest BCUT2D eigenvalue weighted by Crippen LogP contribution is 2.35. The molecule has 2 aliphatic heterocycles. The van der Waals surface area contributed by atoms with Crippen LogP contribution in [0.2, 0.25) is 0 Å². The fraction of sp³-hybridized carbons (Fsp3) is 0.304. The van der Waals surface area contributed by atoms with E-state index in [9.17, 15) is 13.2 Å². The van der Waals surface area contributed by atoms with Crippen LogP contribution in [0, 0.1) is 6.92 Å². The summed E-state index contributed by atoms with van der Waals surface area (Å²) < 4.78 is 23.5. The number of aromatic amines is 1. The molecule has 7 nitrogen and oxygen atoms in total. The number of amides is 1. The van der Waals surface area contributed by atoms with E-state index in [2.05, 4.69) is 26.7 Å². The molecule has 0 radical (unpaired) electrons. The average Bonchev–Trinajstić information content (AvgIpc) is 3.40. The lowest BCUT2D eigenvalue weighted by Gasteiger charge is -2.12. The van der Waals surface area contributed by atoms with E-state index in [1.54, 1.807) is 0 Å². The van der Waals surface area contributed by atoms with Crippen molar-refractivity contribution in [3.8, 4) is 0 Å². The van der Waals surface area contributed by atoms with Crippen molar-refractivity contribution in [3.63, 3.8) is 0 Å². The maximum atomic E-state index is 12.7. The van der Waals surface area contributed by atoms with Crippen LogP contribution in [0.4, 0.5) is 5.69 Å². The van der Waals surface area contributed by atoms with Gasteiger partial charge in [-0.15, -0.1) is 0 Å². The summed E-state index contributed by atoms with van der Waals surface area (Å²) in [5.41, 5.74) is 4.65. The Bertz CT molecular complexity index is 1330. The third-order valence-corrected chi connectivity index (χ3v) is 9.06. The molecule has 166 valence electrons. The van der Waals surface area contributed by atoms with Gasteiger partial charge in [0.25, 0.3) is 5.91 Å². The Balaban J connectivity index is 1.22. The van der Waals surface area contributed by atoms with Crippen molar-refractivity contribution in [3.05, 3.63) is 65.4 Å². The van der Waals surface area contributed by atoms with Crippen molar-refractivity contribution in [1.82, 2.24) is 10.3 Å². The summed E-state index contributed by atoms with van der Waals surface area (Å²) in [5, 5.41) is 8.17. The highest BCUT2D eigenvalue weighted by molar-refractivity contribution is 8.15. The monoisotopic (exact) mass is 468 g/mol. The molecular weight excluding hydrogens is 444 g/mol. The maximum absolute atomic E-state index is 12.7. The van der Waals surface area contributed by atoms with E-state index >= 15 is 0 Å². The van der Waals surface area contributed by atoms with Crippen LogP contribution in [-0.2, 0) is 16.3 Å². The number of amidine groups is 1. The zero-order valence-corrected chi connectivity index (χ0v) is 19.2. The number of thioether (sulfide) groups is 1. The molecule has 0 bridgehead atoms. The number of aryl methyl sites for hydroxylation is 1. The van der Waals surface area contributed by atoms with E-state index in [4.69, 9.17) is 0 Å². The molecule has 0 unspecified atom stereocenters.